The Labute approximate surface area is 144 Å². The van der Waals surface area contributed by atoms with Crippen LogP contribution in [0.5, 0.6) is 0 Å². The fourth-order valence-corrected chi connectivity index (χ4v) is 2.65. The standard InChI is InChI=1S/C18H17N5O2/c1-12-15(17(24)23(22-12)14-10-6-3-7-11-14)16(20-21-18(19)25)13-8-4-2-5-9-13/h2-11,15H,1H3,(H3,19,21,25)/b20-16+. The number of carbonyl (C=O) groups is 2. The number of hydrogen-bond donors (Lipinski definition) is 2. The maximum atomic E-state index is 13.0. The highest BCUT2D eigenvalue weighted by Crippen LogP contribution is 2.26. The Morgan fingerprint density at radius 2 is 1.72 bits per heavy atom. The Hall–Kier alpha value is -3.48. The highest BCUT2D eigenvalue weighted by atomic mass is 16.2. The number of hydrogen-bond acceptors (Lipinski definition) is 4. The summed E-state index contributed by atoms with van der Waals surface area (Å²) in [4.78, 5) is 24.0. The molecule has 0 aliphatic carbocycles. The summed E-state index contributed by atoms with van der Waals surface area (Å²) in [5, 5.41) is 9.79. The van der Waals surface area contributed by atoms with Gasteiger partial charge in [-0.15, -0.1) is 0 Å². The third-order valence-corrected chi connectivity index (χ3v) is 3.76. The van der Waals surface area contributed by atoms with Crippen molar-refractivity contribution in [2.75, 3.05) is 5.01 Å². The van der Waals surface area contributed by atoms with Gasteiger partial charge in [0.15, 0.2) is 0 Å². The first kappa shape index (κ1) is 16.4. The third-order valence-electron chi connectivity index (χ3n) is 3.76. The lowest BCUT2D eigenvalue weighted by molar-refractivity contribution is -0.118. The summed E-state index contributed by atoms with van der Waals surface area (Å²) < 4.78 is 0. The van der Waals surface area contributed by atoms with Crippen molar-refractivity contribution in [1.82, 2.24) is 5.43 Å². The molecular formula is C18H17N5O2. The monoisotopic (exact) mass is 335 g/mol. The fraction of sp³-hybridized carbons (Fsp3) is 0.111. The van der Waals surface area contributed by atoms with Crippen molar-refractivity contribution in [3.8, 4) is 0 Å². The Balaban J connectivity index is 1.99. The first-order chi connectivity index (χ1) is 12.1. The van der Waals surface area contributed by atoms with E-state index in [9.17, 15) is 9.59 Å². The lowest BCUT2D eigenvalue weighted by Crippen LogP contribution is -2.35. The van der Waals surface area contributed by atoms with Crippen molar-refractivity contribution in [3.63, 3.8) is 0 Å². The highest BCUT2D eigenvalue weighted by Gasteiger charge is 2.38. The van der Waals surface area contributed by atoms with Gasteiger partial charge in [-0.1, -0.05) is 48.5 Å². The van der Waals surface area contributed by atoms with Crippen LogP contribution in [-0.2, 0) is 4.79 Å². The summed E-state index contributed by atoms with van der Waals surface area (Å²) in [6.45, 7) is 1.76. The number of anilines is 1. The van der Waals surface area contributed by atoms with E-state index in [0.717, 1.165) is 0 Å². The molecule has 3 rings (SSSR count). The highest BCUT2D eigenvalue weighted by molar-refractivity contribution is 6.31. The van der Waals surface area contributed by atoms with E-state index in [4.69, 9.17) is 5.73 Å². The van der Waals surface area contributed by atoms with Gasteiger partial charge in [0, 0.05) is 0 Å². The van der Waals surface area contributed by atoms with E-state index in [0.29, 0.717) is 22.7 Å². The van der Waals surface area contributed by atoms with Gasteiger partial charge in [-0.25, -0.2) is 10.2 Å². The van der Waals surface area contributed by atoms with Crippen LogP contribution in [0.2, 0.25) is 0 Å². The topological polar surface area (TPSA) is 100 Å². The fourth-order valence-electron chi connectivity index (χ4n) is 2.65. The zero-order chi connectivity index (χ0) is 17.8. The Morgan fingerprint density at radius 3 is 2.32 bits per heavy atom. The zero-order valence-electron chi connectivity index (χ0n) is 13.6. The molecule has 1 unspecified atom stereocenters. The largest absolute Gasteiger partial charge is 0.350 e. The van der Waals surface area contributed by atoms with Gasteiger partial charge < -0.3 is 5.73 Å². The van der Waals surface area contributed by atoms with Crippen molar-refractivity contribution in [3.05, 3.63) is 66.2 Å². The normalized spacial score (nSPS) is 17.4. The second kappa shape index (κ2) is 6.96. The van der Waals surface area contributed by atoms with Crippen LogP contribution in [0.4, 0.5) is 10.5 Å². The van der Waals surface area contributed by atoms with Gasteiger partial charge in [-0.2, -0.15) is 15.2 Å². The van der Waals surface area contributed by atoms with Gasteiger partial charge >= 0.3 is 6.03 Å². The number of nitrogens with zero attached hydrogens (tertiary/aromatic N) is 3. The Kier molecular flexibility index (Phi) is 4.56. The van der Waals surface area contributed by atoms with Crippen molar-refractivity contribution in [2.45, 2.75) is 6.92 Å². The maximum absolute atomic E-state index is 13.0. The molecule has 25 heavy (non-hydrogen) atoms. The number of amides is 3. The molecule has 1 heterocycles. The van der Waals surface area contributed by atoms with E-state index in [1.54, 1.807) is 19.1 Å². The second-order valence-corrected chi connectivity index (χ2v) is 5.50. The predicted octanol–water partition coefficient (Wildman–Crippen LogP) is 2.10. The van der Waals surface area contributed by atoms with Crippen LogP contribution in [-0.4, -0.2) is 23.4 Å². The Morgan fingerprint density at radius 1 is 1.12 bits per heavy atom. The average molecular weight is 335 g/mol. The van der Waals surface area contributed by atoms with E-state index in [1.165, 1.54) is 5.01 Å². The zero-order valence-corrected chi connectivity index (χ0v) is 13.6. The van der Waals surface area contributed by atoms with Gasteiger partial charge in [-0.3, -0.25) is 4.79 Å². The number of nitrogens with two attached hydrogens (primary N) is 1. The second-order valence-electron chi connectivity index (χ2n) is 5.50. The molecular weight excluding hydrogens is 318 g/mol. The molecule has 3 N–H and O–H groups in total. The SMILES string of the molecule is CC1=NN(c2ccccc2)C(=O)C1/C(=N/NC(N)=O)c1ccccc1. The van der Waals surface area contributed by atoms with Crippen molar-refractivity contribution in [1.29, 1.82) is 0 Å². The molecule has 0 aromatic heterocycles. The predicted molar refractivity (Wildman–Crippen MR) is 96.2 cm³/mol. The molecule has 3 amide bonds. The molecule has 0 bridgehead atoms. The molecule has 126 valence electrons. The average Bonchev–Trinajstić information content (AvgIpc) is 2.92. The van der Waals surface area contributed by atoms with Gasteiger partial charge in [0.2, 0.25) is 0 Å². The Bertz CT molecular complexity index is 846. The van der Waals surface area contributed by atoms with E-state index in [1.807, 2.05) is 48.5 Å². The van der Waals surface area contributed by atoms with Gasteiger partial charge in [0.25, 0.3) is 5.91 Å². The van der Waals surface area contributed by atoms with Crippen LogP contribution in [0, 0.1) is 5.92 Å². The third kappa shape index (κ3) is 3.40. The number of rotatable bonds is 4. The molecule has 7 nitrogen and oxygen atoms in total. The number of carbonyl (C=O) groups excluding carboxylic acids is 2. The molecule has 2 aromatic carbocycles. The number of nitrogens with one attached hydrogen (secondary N) is 1. The van der Waals surface area contributed by atoms with Crippen LogP contribution in [0.25, 0.3) is 0 Å². The number of para-hydroxylation sites is 1. The molecule has 0 fully saturated rings. The first-order valence-corrected chi connectivity index (χ1v) is 7.70. The number of urea groups is 1. The van der Waals surface area contributed by atoms with Crippen LogP contribution in [0.3, 0.4) is 0 Å². The summed E-state index contributed by atoms with van der Waals surface area (Å²) >= 11 is 0. The van der Waals surface area contributed by atoms with Crippen LogP contribution in [0.1, 0.15) is 12.5 Å². The summed E-state index contributed by atoms with van der Waals surface area (Å²) in [7, 11) is 0. The maximum Gasteiger partial charge on any atom is 0.332 e. The minimum atomic E-state index is -0.798. The molecule has 1 aliphatic rings. The number of primary amides is 1. The smallest absolute Gasteiger partial charge is 0.332 e. The summed E-state index contributed by atoms with van der Waals surface area (Å²) in [5.41, 5.74) is 9.70. The van der Waals surface area contributed by atoms with E-state index < -0.39 is 11.9 Å². The number of hydrazone groups is 2. The lowest BCUT2D eigenvalue weighted by Gasteiger charge is -2.16. The van der Waals surface area contributed by atoms with E-state index >= 15 is 0 Å². The van der Waals surface area contributed by atoms with Crippen molar-refractivity contribution in [2.24, 2.45) is 21.9 Å². The molecule has 1 atom stereocenters. The van der Waals surface area contributed by atoms with Crippen LogP contribution in [0.15, 0.2) is 70.9 Å². The minimum Gasteiger partial charge on any atom is -0.350 e. The van der Waals surface area contributed by atoms with Gasteiger partial charge in [0.1, 0.15) is 5.92 Å². The molecule has 0 radical (unpaired) electrons. The molecule has 0 spiro atoms. The summed E-state index contributed by atoms with van der Waals surface area (Å²) in [6.07, 6.45) is 0. The van der Waals surface area contributed by atoms with Gasteiger partial charge in [0.05, 0.1) is 17.1 Å². The summed E-state index contributed by atoms with van der Waals surface area (Å²) in [6, 6.07) is 17.5. The molecule has 1 aliphatic heterocycles. The van der Waals surface area contributed by atoms with E-state index in [-0.39, 0.29) is 5.91 Å². The summed E-state index contributed by atoms with van der Waals surface area (Å²) in [5.74, 6) is -0.938. The quantitative estimate of drug-likeness (QED) is 0.660. The number of benzene rings is 2. The van der Waals surface area contributed by atoms with E-state index in [2.05, 4.69) is 15.6 Å². The molecule has 0 saturated heterocycles. The van der Waals surface area contributed by atoms with Crippen LogP contribution < -0.4 is 16.2 Å². The van der Waals surface area contributed by atoms with Crippen molar-refractivity contribution >= 4 is 29.0 Å². The molecule has 0 saturated carbocycles. The van der Waals surface area contributed by atoms with Crippen molar-refractivity contribution < 1.29 is 9.59 Å². The molecule has 2 aromatic rings. The van der Waals surface area contributed by atoms with Gasteiger partial charge in [-0.05, 0) is 24.6 Å². The minimum absolute atomic E-state index is 0.238. The lowest BCUT2D eigenvalue weighted by atomic mass is 9.93. The first-order valence-electron chi connectivity index (χ1n) is 7.70. The molecule has 7 heteroatoms. The van der Waals surface area contributed by atoms with Crippen LogP contribution >= 0.6 is 0 Å².